The van der Waals surface area contributed by atoms with Gasteiger partial charge in [0.2, 0.25) is 0 Å². The predicted octanol–water partition coefficient (Wildman–Crippen LogP) is 4.12. The van der Waals surface area contributed by atoms with E-state index in [-0.39, 0.29) is 19.1 Å². The van der Waals surface area contributed by atoms with E-state index < -0.39 is 0 Å². The summed E-state index contributed by atoms with van der Waals surface area (Å²) >= 11 is 1.56. The van der Waals surface area contributed by atoms with Crippen LogP contribution in [-0.4, -0.2) is 17.5 Å². The number of nitrogens with one attached hydrogen (secondary N) is 1. The van der Waals surface area contributed by atoms with Crippen molar-refractivity contribution in [1.82, 2.24) is 10.3 Å². The van der Waals surface area contributed by atoms with Crippen molar-refractivity contribution in [3.05, 3.63) is 72.0 Å². The first-order valence-corrected chi connectivity index (χ1v) is 9.38. The number of thiazole rings is 1. The molecule has 2 aromatic carbocycles. The number of nitrogens with zero attached hydrogens (tertiary/aromatic N) is 2. The number of hydrogen-bond acceptors (Lipinski definition) is 6. The molecule has 4 rings (SSSR count). The molecule has 0 saturated carbocycles. The third-order valence-corrected chi connectivity index (χ3v) is 5.04. The van der Waals surface area contributed by atoms with Gasteiger partial charge < -0.3 is 14.5 Å². The van der Waals surface area contributed by atoms with Crippen LogP contribution in [0.1, 0.15) is 11.3 Å². The molecule has 0 unspecified atom stereocenters. The van der Waals surface area contributed by atoms with Gasteiger partial charge in [-0.2, -0.15) is 5.26 Å². The Morgan fingerprint density at radius 1 is 1.14 bits per heavy atom. The minimum atomic E-state index is -0.300. The molecule has 0 aliphatic rings. The van der Waals surface area contributed by atoms with Crippen molar-refractivity contribution in [2.24, 2.45) is 0 Å². The van der Waals surface area contributed by atoms with Gasteiger partial charge in [-0.1, -0.05) is 24.3 Å². The largest absolute Gasteiger partial charge is 0.482 e. The van der Waals surface area contributed by atoms with Gasteiger partial charge in [-0.3, -0.25) is 4.79 Å². The zero-order valence-corrected chi connectivity index (χ0v) is 15.5. The molecule has 0 bridgehead atoms. The summed E-state index contributed by atoms with van der Waals surface area (Å²) in [5.74, 6) is 1.38. The van der Waals surface area contributed by atoms with E-state index in [4.69, 9.17) is 14.4 Å². The van der Waals surface area contributed by atoms with E-state index in [9.17, 15) is 4.79 Å². The number of benzene rings is 2. The number of hydrogen-bond donors (Lipinski definition) is 1. The van der Waals surface area contributed by atoms with Crippen molar-refractivity contribution in [3.8, 4) is 22.6 Å². The quantitative estimate of drug-likeness (QED) is 0.536. The first kappa shape index (κ1) is 17.8. The monoisotopic (exact) mass is 389 g/mol. The van der Waals surface area contributed by atoms with Crippen LogP contribution in [0.5, 0.6) is 5.75 Å². The second kappa shape index (κ2) is 7.94. The SMILES string of the molecule is N#Cc1ccccc1OCC(=O)NCc1ccc(-c2nc3ccccc3s2)o1. The summed E-state index contributed by atoms with van der Waals surface area (Å²) in [7, 11) is 0. The van der Waals surface area contributed by atoms with Crippen LogP contribution in [0.2, 0.25) is 0 Å². The van der Waals surface area contributed by atoms with Gasteiger partial charge in [0.05, 0.1) is 22.3 Å². The molecule has 0 aliphatic carbocycles. The molecule has 2 heterocycles. The Bertz CT molecular complexity index is 1140. The van der Waals surface area contributed by atoms with Crippen molar-refractivity contribution in [2.75, 3.05) is 6.61 Å². The molecular formula is C21H15N3O3S. The first-order valence-electron chi connectivity index (χ1n) is 8.56. The average molecular weight is 389 g/mol. The normalized spacial score (nSPS) is 10.5. The van der Waals surface area contributed by atoms with E-state index >= 15 is 0 Å². The standard InChI is InChI=1S/C21H15N3O3S/c22-11-14-5-1-3-7-17(14)26-13-20(25)23-12-15-9-10-18(27-15)21-24-16-6-2-4-8-19(16)28-21/h1-10H,12-13H2,(H,23,25). The fourth-order valence-electron chi connectivity index (χ4n) is 2.63. The van der Waals surface area contributed by atoms with E-state index in [1.54, 1.807) is 35.6 Å². The number of furan rings is 1. The number of para-hydroxylation sites is 2. The third kappa shape index (κ3) is 3.87. The highest BCUT2D eigenvalue weighted by Gasteiger charge is 2.11. The Hall–Kier alpha value is -3.63. The number of amides is 1. The number of ether oxygens (including phenoxy) is 1. The maximum Gasteiger partial charge on any atom is 0.258 e. The second-order valence-electron chi connectivity index (χ2n) is 5.93. The van der Waals surface area contributed by atoms with Gasteiger partial charge in [0.1, 0.15) is 17.6 Å². The Labute approximate surface area is 165 Å². The first-order chi connectivity index (χ1) is 13.7. The Balaban J connectivity index is 1.34. The van der Waals surface area contributed by atoms with Crippen molar-refractivity contribution >= 4 is 27.5 Å². The van der Waals surface area contributed by atoms with E-state index in [2.05, 4.69) is 10.3 Å². The molecule has 1 amide bonds. The van der Waals surface area contributed by atoms with Gasteiger partial charge in [0, 0.05) is 0 Å². The summed E-state index contributed by atoms with van der Waals surface area (Å²) in [6.07, 6.45) is 0. The highest BCUT2D eigenvalue weighted by molar-refractivity contribution is 7.21. The fraction of sp³-hybridized carbons (Fsp3) is 0.0952. The maximum absolute atomic E-state index is 12.0. The molecule has 1 N–H and O–H groups in total. The summed E-state index contributed by atoms with van der Waals surface area (Å²) in [6.45, 7) is 0.0666. The molecule has 0 aliphatic heterocycles. The molecule has 0 saturated heterocycles. The molecule has 0 spiro atoms. The van der Waals surface area contributed by atoms with E-state index in [1.807, 2.05) is 42.5 Å². The van der Waals surface area contributed by atoms with Crippen LogP contribution in [-0.2, 0) is 11.3 Å². The lowest BCUT2D eigenvalue weighted by Gasteiger charge is -2.07. The lowest BCUT2D eigenvalue weighted by atomic mass is 10.2. The van der Waals surface area contributed by atoms with Crippen LogP contribution in [0.15, 0.2) is 65.1 Å². The zero-order valence-electron chi connectivity index (χ0n) is 14.7. The molecule has 0 atom stereocenters. The van der Waals surface area contributed by atoms with Crippen molar-refractivity contribution in [3.63, 3.8) is 0 Å². The number of fused-ring (bicyclic) bond motifs is 1. The molecular weight excluding hydrogens is 374 g/mol. The highest BCUT2D eigenvalue weighted by atomic mass is 32.1. The van der Waals surface area contributed by atoms with Gasteiger partial charge in [-0.05, 0) is 36.4 Å². The molecule has 2 aromatic heterocycles. The summed E-state index contributed by atoms with van der Waals surface area (Å²) in [5, 5.41) is 12.6. The molecule has 28 heavy (non-hydrogen) atoms. The minimum absolute atomic E-state index is 0.176. The van der Waals surface area contributed by atoms with Gasteiger partial charge in [0.15, 0.2) is 17.4 Å². The van der Waals surface area contributed by atoms with Gasteiger partial charge >= 0.3 is 0 Å². The number of carbonyl (C=O) groups excluding carboxylic acids is 1. The van der Waals surface area contributed by atoms with E-state index in [0.717, 1.165) is 15.2 Å². The molecule has 0 fully saturated rings. The average Bonchev–Trinajstić information content (AvgIpc) is 3.37. The number of nitriles is 1. The van der Waals surface area contributed by atoms with Crippen LogP contribution in [0.3, 0.4) is 0 Å². The van der Waals surface area contributed by atoms with Crippen LogP contribution in [0.4, 0.5) is 0 Å². The Morgan fingerprint density at radius 2 is 1.96 bits per heavy atom. The van der Waals surface area contributed by atoms with Crippen LogP contribution < -0.4 is 10.1 Å². The summed E-state index contributed by atoms with van der Waals surface area (Å²) in [6, 6.07) is 20.4. The van der Waals surface area contributed by atoms with Crippen molar-refractivity contribution in [2.45, 2.75) is 6.54 Å². The van der Waals surface area contributed by atoms with Crippen molar-refractivity contribution in [1.29, 1.82) is 5.26 Å². The molecule has 6 nitrogen and oxygen atoms in total. The smallest absolute Gasteiger partial charge is 0.258 e. The van der Waals surface area contributed by atoms with Gasteiger partial charge in [-0.25, -0.2) is 4.98 Å². The zero-order chi connectivity index (χ0) is 19.3. The van der Waals surface area contributed by atoms with Crippen LogP contribution >= 0.6 is 11.3 Å². The van der Waals surface area contributed by atoms with E-state index in [0.29, 0.717) is 22.8 Å². The highest BCUT2D eigenvalue weighted by Crippen LogP contribution is 2.31. The summed E-state index contributed by atoms with van der Waals surface area (Å²) in [4.78, 5) is 16.6. The molecule has 4 aromatic rings. The number of aromatic nitrogens is 1. The molecule has 7 heteroatoms. The third-order valence-electron chi connectivity index (χ3n) is 3.99. The topological polar surface area (TPSA) is 88.1 Å². The fourth-order valence-corrected chi connectivity index (χ4v) is 3.56. The number of rotatable bonds is 6. The minimum Gasteiger partial charge on any atom is -0.482 e. The summed E-state index contributed by atoms with van der Waals surface area (Å²) < 4.78 is 12.3. The van der Waals surface area contributed by atoms with Crippen LogP contribution in [0, 0.1) is 11.3 Å². The second-order valence-corrected chi connectivity index (χ2v) is 6.96. The maximum atomic E-state index is 12.0. The van der Waals surface area contributed by atoms with E-state index in [1.165, 1.54) is 0 Å². The lowest BCUT2D eigenvalue weighted by Crippen LogP contribution is -2.28. The predicted molar refractivity (Wildman–Crippen MR) is 106 cm³/mol. The Kier molecular flexibility index (Phi) is 5.04. The molecule has 138 valence electrons. The molecule has 0 radical (unpaired) electrons. The Morgan fingerprint density at radius 3 is 2.82 bits per heavy atom. The van der Waals surface area contributed by atoms with Crippen LogP contribution in [0.25, 0.3) is 21.0 Å². The van der Waals surface area contributed by atoms with Gasteiger partial charge in [0.25, 0.3) is 5.91 Å². The van der Waals surface area contributed by atoms with Gasteiger partial charge in [-0.15, -0.1) is 11.3 Å². The lowest BCUT2D eigenvalue weighted by molar-refractivity contribution is -0.123. The van der Waals surface area contributed by atoms with Crippen molar-refractivity contribution < 1.29 is 13.9 Å². The summed E-state index contributed by atoms with van der Waals surface area (Å²) in [5.41, 5.74) is 1.32. The number of carbonyl (C=O) groups is 1.